The van der Waals surface area contributed by atoms with E-state index in [1.54, 1.807) is 0 Å². The van der Waals surface area contributed by atoms with Crippen LogP contribution in [0, 0.1) is 0 Å². The van der Waals surface area contributed by atoms with Gasteiger partial charge in [-0.15, -0.1) is 0 Å². The van der Waals surface area contributed by atoms with Crippen LogP contribution in [0.25, 0.3) is 0 Å². The van der Waals surface area contributed by atoms with Crippen molar-refractivity contribution < 1.29 is 9.47 Å². The molecule has 1 heterocycles. The molecule has 1 aliphatic heterocycles. The predicted molar refractivity (Wildman–Crippen MR) is 53.0 cm³/mol. The van der Waals surface area contributed by atoms with E-state index in [2.05, 4.69) is 25.7 Å². The first-order valence-corrected chi connectivity index (χ1v) is 8.18. The summed E-state index contributed by atoms with van der Waals surface area (Å²) >= 11 is 0. The lowest BCUT2D eigenvalue weighted by atomic mass is 10.5. The van der Waals surface area contributed by atoms with Gasteiger partial charge in [-0.2, -0.15) is 0 Å². The quantitative estimate of drug-likeness (QED) is 0.497. The lowest BCUT2D eigenvalue weighted by Crippen LogP contribution is -2.17. The van der Waals surface area contributed by atoms with Crippen molar-refractivity contribution >= 4 is 8.07 Å². The van der Waals surface area contributed by atoms with Gasteiger partial charge < -0.3 is 9.47 Å². The molecule has 0 aromatic carbocycles. The van der Waals surface area contributed by atoms with Gasteiger partial charge in [0.05, 0.1) is 13.2 Å². The Balaban J connectivity index is 2.21. The van der Waals surface area contributed by atoms with Crippen LogP contribution in [0.15, 0.2) is 12.2 Å². The molecule has 3 heteroatoms. The van der Waals surface area contributed by atoms with Gasteiger partial charge in [0.25, 0.3) is 0 Å². The molecule has 1 rings (SSSR count). The molecule has 0 bridgehead atoms. The molecule has 0 atom stereocenters. The Bertz CT molecular complexity index is 154. The lowest BCUT2D eigenvalue weighted by Gasteiger charge is -2.12. The summed E-state index contributed by atoms with van der Waals surface area (Å²) in [5.74, 6) is 0. The van der Waals surface area contributed by atoms with Crippen molar-refractivity contribution in [3.63, 3.8) is 0 Å². The standard InChI is InChI=1S/C9H18O2Si/c1-12(2,3)8-4-5-9-10-6-7-11-9/h4-5,9H,6-8H2,1-3H3/b5-4+. The van der Waals surface area contributed by atoms with Crippen molar-refractivity contribution in [1.29, 1.82) is 0 Å². The number of hydrogen-bond donors (Lipinski definition) is 0. The zero-order valence-electron chi connectivity index (χ0n) is 8.17. The summed E-state index contributed by atoms with van der Waals surface area (Å²) in [6.07, 6.45) is 4.16. The number of ether oxygens (including phenoxy) is 2. The van der Waals surface area contributed by atoms with Crippen molar-refractivity contribution in [1.82, 2.24) is 0 Å². The number of allylic oxidation sites excluding steroid dienone is 1. The van der Waals surface area contributed by atoms with E-state index in [0.717, 1.165) is 13.2 Å². The van der Waals surface area contributed by atoms with Crippen LogP contribution in [0.3, 0.4) is 0 Å². The van der Waals surface area contributed by atoms with E-state index in [4.69, 9.17) is 9.47 Å². The van der Waals surface area contributed by atoms with Gasteiger partial charge in [0, 0.05) is 8.07 Å². The first-order chi connectivity index (χ1) is 5.58. The second kappa shape index (κ2) is 4.21. The van der Waals surface area contributed by atoms with Crippen LogP contribution in [0.1, 0.15) is 0 Å². The molecule has 70 valence electrons. The van der Waals surface area contributed by atoms with Crippen molar-refractivity contribution in [2.24, 2.45) is 0 Å². The highest BCUT2D eigenvalue weighted by Crippen LogP contribution is 2.11. The van der Waals surface area contributed by atoms with Crippen LogP contribution >= 0.6 is 0 Å². The van der Waals surface area contributed by atoms with Crippen molar-refractivity contribution in [2.75, 3.05) is 13.2 Å². The SMILES string of the molecule is C[Si](C)(C)C/C=C/C1OCCO1. The molecule has 0 aliphatic carbocycles. The molecular weight excluding hydrogens is 168 g/mol. The van der Waals surface area contributed by atoms with E-state index in [1.165, 1.54) is 6.04 Å². The minimum absolute atomic E-state index is 0.0682. The average Bonchev–Trinajstić information content (AvgIpc) is 2.36. The largest absolute Gasteiger partial charge is 0.347 e. The predicted octanol–water partition coefficient (Wildman–Crippen LogP) is 2.25. The lowest BCUT2D eigenvalue weighted by molar-refractivity contribution is -0.00163. The minimum Gasteiger partial charge on any atom is -0.347 e. The second-order valence-corrected chi connectivity index (χ2v) is 9.83. The van der Waals surface area contributed by atoms with Crippen molar-refractivity contribution in [3.8, 4) is 0 Å². The van der Waals surface area contributed by atoms with Gasteiger partial charge in [-0.3, -0.25) is 0 Å². The average molecular weight is 186 g/mol. The molecule has 0 N–H and O–H groups in total. The van der Waals surface area contributed by atoms with Crippen LogP contribution < -0.4 is 0 Å². The van der Waals surface area contributed by atoms with E-state index in [9.17, 15) is 0 Å². The molecule has 0 unspecified atom stereocenters. The molecule has 1 saturated heterocycles. The second-order valence-electron chi connectivity index (χ2n) is 4.30. The molecule has 1 fully saturated rings. The summed E-state index contributed by atoms with van der Waals surface area (Å²) in [6, 6.07) is 1.20. The van der Waals surface area contributed by atoms with Gasteiger partial charge >= 0.3 is 0 Å². The fraction of sp³-hybridized carbons (Fsp3) is 0.778. The highest BCUT2D eigenvalue weighted by molar-refractivity contribution is 6.76. The van der Waals surface area contributed by atoms with E-state index < -0.39 is 8.07 Å². The summed E-state index contributed by atoms with van der Waals surface area (Å²) in [5, 5.41) is 0. The maximum atomic E-state index is 5.27. The molecule has 12 heavy (non-hydrogen) atoms. The monoisotopic (exact) mass is 186 g/mol. The molecule has 0 spiro atoms. The number of rotatable bonds is 3. The molecule has 2 nitrogen and oxygen atoms in total. The minimum atomic E-state index is -0.927. The van der Waals surface area contributed by atoms with Crippen LogP contribution in [0.4, 0.5) is 0 Å². The smallest absolute Gasteiger partial charge is 0.177 e. The van der Waals surface area contributed by atoms with Crippen molar-refractivity contribution in [2.45, 2.75) is 32.0 Å². The zero-order chi connectivity index (χ0) is 9.03. The third kappa shape index (κ3) is 4.04. The van der Waals surface area contributed by atoms with Gasteiger partial charge in [0.1, 0.15) is 0 Å². The van der Waals surface area contributed by atoms with Crippen LogP contribution in [-0.4, -0.2) is 27.6 Å². The highest BCUT2D eigenvalue weighted by atomic mass is 28.3. The molecule has 0 aromatic rings. The number of hydrogen-bond acceptors (Lipinski definition) is 2. The molecule has 0 amide bonds. The molecule has 0 aromatic heterocycles. The van der Waals surface area contributed by atoms with E-state index in [0.29, 0.717) is 0 Å². The summed E-state index contributed by atoms with van der Waals surface area (Å²) in [5.41, 5.74) is 0. The van der Waals surface area contributed by atoms with E-state index >= 15 is 0 Å². The van der Waals surface area contributed by atoms with Crippen LogP contribution in [-0.2, 0) is 9.47 Å². The Kier molecular flexibility index (Phi) is 3.49. The van der Waals surface area contributed by atoms with Crippen LogP contribution in [0.5, 0.6) is 0 Å². The van der Waals surface area contributed by atoms with Gasteiger partial charge in [0.15, 0.2) is 6.29 Å². The Morgan fingerprint density at radius 1 is 1.25 bits per heavy atom. The Morgan fingerprint density at radius 2 is 1.83 bits per heavy atom. The molecule has 0 radical (unpaired) electrons. The fourth-order valence-electron chi connectivity index (χ4n) is 1.02. The van der Waals surface area contributed by atoms with E-state index in [-0.39, 0.29) is 6.29 Å². The maximum absolute atomic E-state index is 5.27. The summed E-state index contributed by atoms with van der Waals surface area (Å²) < 4.78 is 10.5. The topological polar surface area (TPSA) is 18.5 Å². The highest BCUT2D eigenvalue weighted by Gasteiger charge is 2.13. The third-order valence-corrected chi connectivity index (χ3v) is 3.13. The summed E-state index contributed by atoms with van der Waals surface area (Å²) in [7, 11) is -0.927. The van der Waals surface area contributed by atoms with Gasteiger partial charge in [0.2, 0.25) is 0 Å². The Hall–Kier alpha value is -0.123. The van der Waals surface area contributed by atoms with Gasteiger partial charge in [-0.1, -0.05) is 25.7 Å². The van der Waals surface area contributed by atoms with Crippen molar-refractivity contribution in [3.05, 3.63) is 12.2 Å². The Labute approximate surface area is 75.6 Å². The summed E-state index contributed by atoms with van der Waals surface area (Å²) in [4.78, 5) is 0. The van der Waals surface area contributed by atoms with Gasteiger partial charge in [-0.25, -0.2) is 0 Å². The first kappa shape index (κ1) is 9.96. The van der Waals surface area contributed by atoms with Crippen LogP contribution in [0.2, 0.25) is 25.7 Å². The summed E-state index contributed by atoms with van der Waals surface area (Å²) in [6.45, 7) is 8.54. The van der Waals surface area contributed by atoms with Gasteiger partial charge in [-0.05, 0) is 12.1 Å². The Morgan fingerprint density at radius 3 is 2.33 bits per heavy atom. The third-order valence-electron chi connectivity index (χ3n) is 1.67. The fourth-order valence-corrected chi connectivity index (χ4v) is 1.86. The molecule has 0 saturated carbocycles. The molecular formula is C9H18O2Si. The first-order valence-electron chi connectivity index (χ1n) is 4.48. The molecule has 1 aliphatic rings. The maximum Gasteiger partial charge on any atom is 0.177 e. The normalized spacial score (nSPS) is 20.9. The zero-order valence-corrected chi connectivity index (χ0v) is 9.17. The van der Waals surface area contributed by atoms with E-state index in [1.807, 2.05) is 6.08 Å².